The first-order chi connectivity index (χ1) is 14.9. The van der Waals surface area contributed by atoms with E-state index in [4.69, 9.17) is 4.74 Å². The fourth-order valence-corrected chi connectivity index (χ4v) is 4.47. The molecule has 1 atom stereocenters. The predicted octanol–water partition coefficient (Wildman–Crippen LogP) is 2.09. The minimum atomic E-state index is -0.655. The second-order valence-corrected chi connectivity index (χ2v) is 8.10. The number of nitrogens with one attached hydrogen (secondary N) is 1. The topological polar surface area (TPSA) is 98.8 Å². The maximum atomic E-state index is 13.1. The number of hydrogen-bond acceptors (Lipinski definition) is 6. The fraction of sp³-hybridized carbons (Fsp3) is 0.435. The second kappa shape index (κ2) is 8.64. The molecule has 0 aliphatic carbocycles. The average molecular weight is 425 g/mol. The maximum absolute atomic E-state index is 13.1. The smallest absolute Gasteiger partial charge is 0.295 e. The van der Waals surface area contributed by atoms with E-state index in [1.165, 1.54) is 0 Å². The molecule has 31 heavy (non-hydrogen) atoms. The van der Waals surface area contributed by atoms with Crippen LogP contribution in [0.25, 0.3) is 5.76 Å². The van der Waals surface area contributed by atoms with Crippen LogP contribution < -0.4 is 0 Å². The van der Waals surface area contributed by atoms with Crippen molar-refractivity contribution in [3.63, 3.8) is 0 Å². The third kappa shape index (κ3) is 3.88. The molecule has 2 aliphatic heterocycles. The molecule has 0 spiro atoms. The molecule has 2 saturated heterocycles. The van der Waals surface area contributed by atoms with Gasteiger partial charge in [-0.15, -0.1) is 0 Å². The van der Waals surface area contributed by atoms with E-state index in [0.717, 1.165) is 35.6 Å². The lowest BCUT2D eigenvalue weighted by Gasteiger charge is -2.31. The number of hydrogen-bond donors (Lipinski definition) is 2. The summed E-state index contributed by atoms with van der Waals surface area (Å²) in [4.78, 5) is 37.2. The summed E-state index contributed by atoms with van der Waals surface area (Å²) in [5.74, 6) is -1.37. The summed E-state index contributed by atoms with van der Waals surface area (Å²) in [6.45, 7) is 9.61. The molecule has 1 unspecified atom stereocenters. The molecule has 0 radical (unpaired) electrons. The van der Waals surface area contributed by atoms with Crippen molar-refractivity contribution in [2.75, 3.05) is 39.4 Å². The molecule has 0 aromatic carbocycles. The highest BCUT2D eigenvalue weighted by Gasteiger charge is 2.46. The third-order valence-electron chi connectivity index (χ3n) is 6.25. The Morgan fingerprint density at radius 3 is 2.42 bits per heavy atom. The first kappa shape index (κ1) is 21.3. The van der Waals surface area contributed by atoms with Gasteiger partial charge in [0.05, 0.1) is 24.8 Å². The Morgan fingerprint density at radius 2 is 1.81 bits per heavy atom. The highest BCUT2D eigenvalue weighted by Crippen LogP contribution is 2.40. The lowest BCUT2D eigenvalue weighted by molar-refractivity contribution is -0.140. The van der Waals surface area contributed by atoms with Crippen LogP contribution in [-0.4, -0.2) is 76.0 Å². The monoisotopic (exact) mass is 424 g/mol. The summed E-state index contributed by atoms with van der Waals surface area (Å²) in [6, 6.07) is 2.92. The zero-order valence-electron chi connectivity index (χ0n) is 18.1. The van der Waals surface area contributed by atoms with Gasteiger partial charge in [0.1, 0.15) is 5.76 Å². The van der Waals surface area contributed by atoms with Crippen molar-refractivity contribution in [2.45, 2.75) is 26.8 Å². The van der Waals surface area contributed by atoms with Gasteiger partial charge in [0.15, 0.2) is 0 Å². The molecule has 0 saturated carbocycles. The van der Waals surface area contributed by atoms with Crippen LogP contribution in [0.5, 0.6) is 0 Å². The molecule has 0 bridgehead atoms. The zero-order chi connectivity index (χ0) is 22.1. The Hall–Kier alpha value is -2.97. The number of aliphatic hydroxyl groups is 1. The van der Waals surface area contributed by atoms with Crippen LogP contribution in [0.1, 0.15) is 34.1 Å². The Balaban J connectivity index is 1.76. The average Bonchev–Trinajstić information content (AvgIpc) is 3.18. The van der Waals surface area contributed by atoms with Crippen molar-refractivity contribution >= 4 is 17.4 Å². The number of aliphatic hydroxyl groups excluding tert-OH is 1. The van der Waals surface area contributed by atoms with Crippen molar-refractivity contribution in [3.05, 3.63) is 58.2 Å². The van der Waals surface area contributed by atoms with Gasteiger partial charge in [-0.2, -0.15) is 0 Å². The predicted molar refractivity (Wildman–Crippen MR) is 116 cm³/mol. The molecular weight excluding hydrogens is 396 g/mol. The molecule has 1 amide bonds. The Labute approximate surface area is 181 Å². The number of nitrogens with zero attached hydrogens (tertiary/aromatic N) is 3. The van der Waals surface area contributed by atoms with Crippen molar-refractivity contribution in [3.8, 4) is 0 Å². The molecule has 8 nitrogen and oxygen atoms in total. The third-order valence-corrected chi connectivity index (χ3v) is 6.25. The van der Waals surface area contributed by atoms with Crippen LogP contribution in [0.2, 0.25) is 0 Å². The van der Waals surface area contributed by atoms with Gasteiger partial charge in [-0.1, -0.05) is 0 Å². The van der Waals surface area contributed by atoms with Crippen molar-refractivity contribution < 1.29 is 19.4 Å². The summed E-state index contributed by atoms with van der Waals surface area (Å²) >= 11 is 0. The minimum Gasteiger partial charge on any atom is -0.507 e. The van der Waals surface area contributed by atoms with E-state index in [2.05, 4.69) is 14.9 Å². The van der Waals surface area contributed by atoms with Gasteiger partial charge in [-0.25, -0.2) is 0 Å². The van der Waals surface area contributed by atoms with Gasteiger partial charge in [0, 0.05) is 55.5 Å². The van der Waals surface area contributed by atoms with E-state index in [0.29, 0.717) is 31.9 Å². The first-order valence-electron chi connectivity index (χ1n) is 10.5. The highest BCUT2D eigenvalue weighted by atomic mass is 16.5. The lowest BCUT2D eigenvalue weighted by Crippen LogP contribution is -2.42. The summed E-state index contributed by atoms with van der Waals surface area (Å²) in [6.07, 6.45) is 3.27. The number of carbonyl (C=O) groups excluding carboxylic acids is 2. The number of ether oxygens (including phenoxy) is 1. The number of aryl methyl sites for hydroxylation is 2. The molecule has 8 heteroatoms. The van der Waals surface area contributed by atoms with Gasteiger partial charge >= 0.3 is 0 Å². The largest absolute Gasteiger partial charge is 0.507 e. The summed E-state index contributed by atoms with van der Waals surface area (Å²) < 4.78 is 5.40. The van der Waals surface area contributed by atoms with Crippen LogP contribution in [0.3, 0.4) is 0 Å². The molecule has 164 valence electrons. The van der Waals surface area contributed by atoms with Gasteiger partial charge in [-0.05, 0) is 44.0 Å². The lowest BCUT2D eigenvalue weighted by atomic mass is 9.94. The number of rotatable bonds is 5. The fourth-order valence-electron chi connectivity index (χ4n) is 4.47. The standard InChI is InChI=1S/C23H28N4O4/c1-14-15(2)25-16(3)18(14)21(28)19-20(17-4-6-24-7-5-17)27(23(30)22(19)29)9-8-26-10-12-31-13-11-26/h4-7,20,25,28H,8-13H2,1-3H3/b21-19+. The van der Waals surface area contributed by atoms with Gasteiger partial charge in [-0.3, -0.25) is 19.5 Å². The zero-order valence-corrected chi connectivity index (χ0v) is 18.1. The number of H-pyrrole nitrogens is 1. The Bertz CT molecular complexity index is 1020. The number of aromatic nitrogens is 2. The number of amides is 1. The van der Waals surface area contributed by atoms with Crippen LogP contribution in [0, 0.1) is 20.8 Å². The number of ketones is 1. The van der Waals surface area contributed by atoms with Crippen molar-refractivity contribution in [1.29, 1.82) is 0 Å². The maximum Gasteiger partial charge on any atom is 0.295 e. The molecule has 2 N–H and O–H groups in total. The van der Waals surface area contributed by atoms with E-state index >= 15 is 0 Å². The molecule has 4 rings (SSSR count). The normalized spacial score (nSPS) is 21.8. The van der Waals surface area contributed by atoms with Gasteiger partial charge in [0.2, 0.25) is 0 Å². The number of pyridine rings is 1. The second-order valence-electron chi connectivity index (χ2n) is 8.10. The van der Waals surface area contributed by atoms with E-state index in [-0.39, 0.29) is 11.3 Å². The Kier molecular flexibility index (Phi) is 5.93. The van der Waals surface area contributed by atoms with Crippen LogP contribution in [0.15, 0.2) is 30.1 Å². The molecule has 2 aromatic rings. The number of morpholine rings is 1. The molecule has 2 aromatic heterocycles. The molecule has 2 aliphatic rings. The van der Waals surface area contributed by atoms with E-state index in [1.807, 2.05) is 20.8 Å². The summed E-state index contributed by atoms with van der Waals surface area (Å²) in [5, 5.41) is 11.3. The van der Waals surface area contributed by atoms with Crippen LogP contribution in [-0.2, 0) is 14.3 Å². The molecule has 4 heterocycles. The Morgan fingerprint density at radius 1 is 1.13 bits per heavy atom. The van der Waals surface area contributed by atoms with E-state index in [9.17, 15) is 14.7 Å². The summed E-state index contributed by atoms with van der Waals surface area (Å²) in [7, 11) is 0. The van der Waals surface area contributed by atoms with E-state index < -0.39 is 17.7 Å². The van der Waals surface area contributed by atoms with Gasteiger partial charge < -0.3 is 19.7 Å². The summed E-state index contributed by atoms with van der Waals surface area (Å²) in [5.41, 5.74) is 4.01. The van der Waals surface area contributed by atoms with Crippen molar-refractivity contribution in [1.82, 2.24) is 19.8 Å². The molecule has 2 fully saturated rings. The quantitative estimate of drug-likeness (QED) is 0.433. The van der Waals surface area contributed by atoms with E-state index in [1.54, 1.807) is 29.4 Å². The number of aromatic amines is 1. The number of Topliss-reactive ketones (excluding diaryl/α,β-unsaturated/α-hetero) is 1. The number of likely N-dealkylation sites (tertiary alicyclic amines) is 1. The van der Waals surface area contributed by atoms with Crippen molar-refractivity contribution in [2.24, 2.45) is 0 Å². The highest BCUT2D eigenvalue weighted by molar-refractivity contribution is 6.46. The van der Waals surface area contributed by atoms with Gasteiger partial charge in [0.25, 0.3) is 11.7 Å². The minimum absolute atomic E-state index is 0.128. The first-order valence-corrected chi connectivity index (χ1v) is 10.5. The van der Waals surface area contributed by atoms with Crippen LogP contribution in [0.4, 0.5) is 0 Å². The SMILES string of the molecule is Cc1[nH]c(C)c(/C(O)=C2\C(=O)C(=O)N(CCN3CCOCC3)C2c2ccncc2)c1C. The number of carbonyl (C=O) groups is 2. The van der Waals surface area contributed by atoms with Crippen LogP contribution >= 0.6 is 0 Å². The molecular formula is C23H28N4O4.